The van der Waals surface area contributed by atoms with Crippen LogP contribution in [0.4, 0.5) is 14.5 Å². The average Bonchev–Trinajstić information content (AvgIpc) is 2.27. The summed E-state index contributed by atoms with van der Waals surface area (Å²) in [5.41, 5.74) is 2.52. The maximum absolute atomic E-state index is 12.7. The highest BCUT2D eigenvalue weighted by Gasteiger charge is 2.16. The highest BCUT2D eigenvalue weighted by molar-refractivity contribution is 9.10. The number of anilines is 1. The van der Waals surface area contributed by atoms with Crippen molar-refractivity contribution in [3.8, 4) is 0 Å². The monoisotopic (exact) mass is 287 g/mol. The van der Waals surface area contributed by atoms with Crippen molar-refractivity contribution in [2.24, 2.45) is 5.84 Å². The van der Waals surface area contributed by atoms with Gasteiger partial charge in [0.2, 0.25) is 0 Å². The highest BCUT2D eigenvalue weighted by atomic mass is 79.9. The van der Waals surface area contributed by atoms with Crippen molar-refractivity contribution in [3.05, 3.63) is 34.4 Å². The summed E-state index contributed by atoms with van der Waals surface area (Å²) < 4.78 is 26.1. The van der Waals surface area contributed by atoms with Crippen LogP contribution in [0.2, 0.25) is 0 Å². The van der Waals surface area contributed by atoms with Gasteiger partial charge in [0.25, 0.3) is 6.43 Å². The number of nitrogens with zero attached hydrogens (tertiary/aromatic N) is 1. The van der Waals surface area contributed by atoms with Crippen LogP contribution in [0, 0.1) is 0 Å². The van der Waals surface area contributed by atoms with Crippen LogP contribution in [-0.4, -0.2) is 4.98 Å². The molecular formula is C10H8BrF2N3. The first-order valence-electron chi connectivity index (χ1n) is 4.47. The maximum Gasteiger partial charge on any atom is 0.282 e. The number of pyridine rings is 1. The quantitative estimate of drug-likeness (QED) is 0.659. The molecule has 0 saturated carbocycles. The van der Waals surface area contributed by atoms with Crippen LogP contribution in [0.25, 0.3) is 10.9 Å². The van der Waals surface area contributed by atoms with Crippen LogP contribution in [0.3, 0.4) is 0 Å². The van der Waals surface area contributed by atoms with Crippen molar-refractivity contribution in [3.63, 3.8) is 0 Å². The summed E-state index contributed by atoms with van der Waals surface area (Å²) in [5.74, 6) is 5.18. The van der Waals surface area contributed by atoms with Gasteiger partial charge >= 0.3 is 0 Å². The standard InChI is InChI=1S/C10H8BrF2N3/c11-6-3-1-2-5-4-7(16-14)9(10(12)13)15-8(5)6/h1-4,10,16H,14H2. The number of nitrogens with one attached hydrogen (secondary N) is 1. The van der Waals surface area contributed by atoms with E-state index in [1.807, 2.05) is 0 Å². The Morgan fingerprint density at radius 3 is 2.75 bits per heavy atom. The van der Waals surface area contributed by atoms with Crippen molar-refractivity contribution in [1.29, 1.82) is 0 Å². The van der Waals surface area contributed by atoms with E-state index >= 15 is 0 Å². The van der Waals surface area contributed by atoms with Crippen LogP contribution in [0.1, 0.15) is 12.1 Å². The molecule has 0 bridgehead atoms. The molecule has 0 spiro atoms. The molecule has 3 nitrogen and oxygen atoms in total. The Labute approximate surface area is 98.8 Å². The minimum atomic E-state index is -2.66. The zero-order chi connectivity index (χ0) is 11.7. The zero-order valence-electron chi connectivity index (χ0n) is 8.05. The third-order valence-corrected chi connectivity index (χ3v) is 2.83. The Balaban J connectivity index is 2.76. The van der Waals surface area contributed by atoms with Gasteiger partial charge in [0.05, 0.1) is 11.2 Å². The van der Waals surface area contributed by atoms with Gasteiger partial charge in [0, 0.05) is 9.86 Å². The second-order valence-corrected chi connectivity index (χ2v) is 4.03. The van der Waals surface area contributed by atoms with Crippen LogP contribution in [-0.2, 0) is 0 Å². The molecule has 3 N–H and O–H groups in total. The normalized spacial score (nSPS) is 11.1. The zero-order valence-corrected chi connectivity index (χ0v) is 9.63. The van der Waals surface area contributed by atoms with Gasteiger partial charge in [-0.3, -0.25) is 5.84 Å². The summed E-state index contributed by atoms with van der Waals surface area (Å²) in [4.78, 5) is 3.91. The lowest BCUT2D eigenvalue weighted by molar-refractivity contribution is 0.147. The molecule has 0 aliphatic rings. The molecule has 0 aliphatic carbocycles. The van der Waals surface area contributed by atoms with Crippen LogP contribution in [0.5, 0.6) is 0 Å². The maximum atomic E-state index is 12.7. The number of rotatable bonds is 2. The number of halogens is 3. The largest absolute Gasteiger partial charge is 0.322 e. The molecule has 1 heterocycles. The second-order valence-electron chi connectivity index (χ2n) is 3.18. The highest BCUT2D eigenvalue weighted by Crippen LogP contribution is 2.30. The lowest BCUT2D eigenvalue weighted by Gasteiger charge is -2.09. The summed E-state index contributed by atoms with van der Waals surface area (Å²) in [6, 6.07) is 6.88. The fraction of sp³-hybridized carbons (Fsp3) is 0.100. The lowest BCUT2D eigenvalue weighted by Crippen LogP contribution is -2.10. The van der Waals surface area contributed by atoms with Gasteiger partial charge in [-0.2, -0.15) is 0 Å². The number of hydrogen-bond acceptors (Lipinski definition) is 3. The van der Waals surface area contributed by atoms with E-state index in [0.29, 0.717) is 9.99 Å². The van der Waals surface area contributed by atoms with E-state index in [-0.39, 0.29) is 11.4 Å². The molecule has 0 unspecified atom stereocenters. The molecule has 0 radical (unpaired) electrons. The van der Waals surface area contributed by atoms with E-state index in [1.165, 1.54) is 0 Å². The summed E-state index contributed by atoms with van der Waals surface area (Å²) >= 11 is 3.27. The van der Waals surface area contributed by atoms with Gasteiger partial charge < -0.3 is 5.43 Å². The van der Waals surface area contributed by atoms with E-state index in [9.17, 15) is 8.78 Å². The topological polar surface area (TPSA) is 50.9 Å². The molecule has 0 aliphatic heterocycles. The molecule has 0 saturated heterocycles. The molecule has 0 fully saturated rings. The van der Waals surface area contributed by atoms with E-state index in [4.69, 9.17) is 5.84 Å². The van der Waals surface area contributed by atoms with Gasteiger partial charge in [-0.15, -0.1) is 0 Å². The Morgan fingerprint density at radius 1 is 1.38 bits per heavy atom. The number of nitrogens with two attached hydrogens (primary N) is 1. The molecule has 1 aromatic heterocycles. The second kappa shape index (κ2) is 4.31. The van der Waals surface area contributed by atoms with E-state index in [2.05, 4.69) is 26.3 Å². The number of hydrogen-bond donors (Lipinski definition) is 2. The Kier molecular flexibility index (Phi) is 3.02. The first-order valence-corrected chi connectivity index (χ1v) is 5.26. The van der Waals surface area contributed by atoms with Crippen molar-refractivity contribution in [2.75, 3.05) is 5.43 Å². The fourth-order valence-electron chi connectivity index (χ4n) is 1.46. The number of hydrazine groups is 1. The third-order valence-electron chi connectivity index (χ3n) is 2.19. The van der Waals surface area contributed by atoms with Gasteiger partial charge in [0.1, 0.15) is 5.69 Å². The van der Waals surface area contributed by atoms with E-state index in [0.717, 1.165) is 5.39 Å². The fourth-order valence-corrected chi connectivity index (χ4v) is 1.93. The first kappa shape index (κ1) is 11.2. The Bertz CT molecular complexity index is 531. The number of benzene rings is 1. The lowest BCUT2D eigenvalue weighted by atomic mass is 10.2. The Hall–Kier alpha value is -1.27. The van der Waals surface area contributed by atoms with Gasteiger partial charge in [-0.25, -0.2) is 13.8 Å². The molecule has 6 heteroatoms. The first-order chi connectivity index (χ1) is 7.63. The predicted molar refractivity (Wildman–Crippen MR) is 62.2 cm³/mol. The van der Waals surface area contributed by atoms with Crippen molar-refractivity contribution in [1.82, 2.24) is 4.98 Å². The van der Waals surface area contributed by atoms with E-state index in [1.54, 1.807) is 24.3 Å². The Morgan fingerprint density at radius 2 is 2.12 bits per heavy atom. The molecule has 16 heavy (non-hydrogen) atoms. The summed E-state index contributed by atoms with van der Waals surface area (Å²) in [5, 5.41) is 0.742. The number of para-hydroxylation sites is 1. The minimum Gasteiger partial charge on any atom is -0.322 e. The number of alkyl halides is 2. The van der Waals surface area contributed by atoms with Gasteiger partial charge in [-0.05, 0) is 28.1 Å². The average molecular weight is 288 g/mol. The van der Waals surface area contributed by atoms with Crippen LogP contribution >= 0.6 is 15.9 Å². The van der Waals surface area contributed by atoms with Crippen molar-refractivity contribution >= 4 is 32.5 Å². The van der Waals surface area contributed by atoms with Crippen LogP contribution in [0.15, 0.2) is 28.7 Å². The van der Waals surface area contributed by atoms with Crippen LogP contribution < -0.4 is 11.3 Å². The minimum absolute atomic E-state index is 0.139. The SMILES string of the molecule is NNc1cc2cccc(Br)c2nc1C(F)F. The third kappa shape index (κ3) is 1.85. The molecule has 84 valence electrons. The summed E-state index contributed by atoms with van der Waals surface area (Å²) in [6.07, 6.45) is -2.66. The molecule has 2 rings (SSSR count). The van der Waals surface area contributed by atoms with Gasteiger partial charge in [-0.1, -0.05) is 12.1 Å². The van der Waals surface area contributed by atoms with Crippen molar-refractivity contribution in [2.45, 2.75) is 6.43 Å². The predicted octanol–water partition coefficient (Wildman–Crippen LogP) is 3.22. The number of aromatic nitrogens is 1. The van der Waals surface area contributed by atoms with Crippen molar-refractivity contribution < 1.29 is 8.78 Å². The molecule has 0 atom stereocenters. The smallest absolute Gasteiger partial charge is 0.282 e. The van der Waals surface area contributed by atoms with E-state index < -0.39 is 6.43 Å². The summed E-state index contributed by atoms with van der Waals surface area (Å²) in [7, 11) is 0. The number of nitrogen functional groups attached to an aromatic ring is 1. The van der Waals surface area contributed by atoms with Gasteiger partial charge in [0.15, 0.2) is 0 Å². The number of fused-ring (bicyclic) bond motifs is 1. The molecular weight excluding hydrogens is 280 g/mol. The molecule has 0 amide bonds. The summed E-state index contributed by atoms with van der Waals surface area (Å²) in [6.45, 7) is 0. The molecule has 1 aromatic carbocycles. The molecule has 2 aromatic rings.